The van der Waals surface area contributed by atoms with E-state index in [1.807, 2.05) is 60.7 Å². The molecule has 0 aliphatic rings. The van der Waals surface area contributed by atoms with Gasteiger partial charge in [-0.3, -0.25) is 4.79 Å². The van der Waals surface area contributed by atoms with E-state index < -0.39 is 0 Å². The van der Waals surface area contributed by atoms with Gasteiger partial charge in [-0.05, 0) is 73.2 Å². The van der Waals surface area contributed by atoms with Crippen LogP contribution < -0.4 is 20.1 Å². The van der Waals surface area contributed by atoms with Crippen LogP contribution in [0.2, 0.25) is 0 Å². The molecular weight excluding hydrogens is 460 g/mol. The van der Waals surface area contributed by atoms with Crippen molar-refractivity contribution in [3.05, 3.63) is 120 Å². The fraction of sp³-hybridized carbons (Fsp3) is 0.219. The van der Waals surface area contributed by atoms with Crippen molar-refractivity contribution in [2.45, 2.75) is 25.7 Å². The summed E-state index contributed by atoms with van der Waals surface area (Å²) in [5.74, 6) is 1.47. The van der Waals surface area contributed by atoms with Gasteiger partial charge >= 0.3 is 0 Å². The smallest absolute Gasteiger partial charge is 0.243 e. The van der Waals surface area contributed by atoms with Gasteiger partial charge in [-0.2, -0.15) is 0 Å². The molecule has 0 heterocycles. The lowest BCUT2D eigenvalue weighted by Gasteiger charge is -2.11. The Hall–Kier alpha value is -4.25. The molecule has 5 heteroatoms. The maximum absolute atomic E-state index is 12.4. The maximum Gasteiger partial charge on any atom is 0.243 e. The first-order valence-electron chi connectivity index (χ1n) is 12.8. The Morgan fingerprint density at radius 3 is 1.81 bits per heavy atom. The summed E-state index contributed by atoms with van der Waals surface area (Å²) in [5, 5.41) is 6.08. The van der Waals surface area contributed by atoms with Gasteiger partial charge in [0.25, 0.3) is 0 Å². The number of benzene rings is 4. The molecule has 4 aromatic carbocycles. The zero-order valence-electron chi connectivity index (χ0n) is 21.1. The minimum atomic E-state index is -0.120. The van der Waals surface area contributed by atoms with Crippen molar-refractivity contribution in [3.63, 3.8) is 0 Å². The Morgan fingerprint density at radius 1 is 0.595 bits per heavy atom. The average Bonchev–Trinajstić information content (AvgIpc) is 2.95. The molecule has 0 atom stereocenters. The van der Waals surface area contributed by atoms with E-state index >= 15 is 0 Å². The lowest BCUT2D eigenvalue weighted by atomic mass is 10.1. The second-order valence-corrected chi connectivity index (χ2v) is 8.83. The molecule has 1 amide bonds. The second-order valence-electron chi connectivity index (χ2n) is 8.83. The quantitative estimate of drug-likeness (QED) is 0.190. The molecule has 0 fully saturated rings. The molecule has 190 valence electrons. The first kappa shape index (κ1) is 25.8. The van der Waals surface area contributed by atoms with Crippen LogP contribution in [0.1, 0.15) is 24.0 Å². The zero-order valence-corrected chi connectivity index (χ0v) is 21.1. The molecule has 2 N–H and O–H groups in total. The minimum Gasteiger partial charge on any atom is -0.494 e. The van der Waals surface area contributed by atoms with Gasteiger partial charge in [-0.25, -0.2) is 0 Å². The summed E-state index contributed by atoms with van der Waals surface area (Å²) in [6.45, 7) is 1.46. The number of amides is 1. The monoisotopic (exact) mass is 494 g/mol. The van der Waals surface area contributed by atoms with Crippen molar-refractivity contribution in [1.29, 1.82) is 0 Å². The van der Waals surface area contributed by atoms with Gasteiger partial charge in [-0.15, -0.1) is 0 Å². The molecular formula is C32H34N2O3. The third kappa shape index (κ3) is 9.37. The van der Waals surface area contributed by atoms with Crippen LogP contribution in [0, 0.1) is 0 Å². The Morgan fingerprint density at radius 2 is 1.19 bits per heavy atom. The van der Waals surface area contributed by atoms with Gasteiger partial charge in [0.05, 0.1) is 19.8 Å². The predicted octanol–water partition coefficient (Wildman–Crippen LogP) is 6.76. The number of carbonyl (C=O) groups excluding carboxylic acids is 1. The van der Waals surface area contributed by atoms with Crippen LogP contribution in [0.15, 0.2) is 109 Å². The third-order valence-electron chi connectivity index (χ3n) is 5.87. The van der Waals surface area contributed by atoms with Gasteiger partial charge in [0.15, 0.2) is 0 Å². The van der Waals surface area contributed by atoms with E-state index in [1.165, 1.54) is 11.1 Å². The Bertz CT molecular complexity index is 1210. The van der Waals surface area contributed by atoms with E-state index in [0.717, 1.165) is 48.6 Å². The second kappa shape index (κ2) is 14.3. The molecule has 4 aromatic rings. The molecule has 0 aromatic heterocycles. The van der Waals surface area contributed by atoms with E-state index in [0.29, 0.717) is 13.2 Å². The van der Waals surface area contributed by atoms with E-state index in [2.05, 4.69) is 59.2 Å². The number of aryl methyl sites for hydroxylation is 2. The molecule has 0 saturated heterocycles. The average molecular weight is 495 g/mol. The van der Waals surface area contributed by atoms with E-state index in [-0.39, 0.29) is 12.5 Å². The van der Waals surface area contributed by atoms with Crippen LogP contribution in [0.25, 0.3) is 0 Å². The van der Waals surface area contributed by atoms with Crippen molar-refractivity contribution >= 4 is 17.3 Å². The number of nitrogens with one attached hydrogen (secondary N) is 2. The van der Waals surface area contributed by atoms with Crippen LogP contribution >= 0.6 is 0 Å². The molecule has 0 bridgehead atoms. The molecule has 0 spiro atoms. The summed E-state index contributed by atoms with van der Waals surface area (Å²) in [5.41, 5.74) is 4.21. The number of hydrogen-bond acceptors (Lipinski definition) is 4. The van der Waals surface area contributed by atoms with Gasteiger partial charge in [-0.1, -0.05) is 66.7 Å². The van der Waals surface area contributed by atoms with Crippen molar-refractivity contribution in [2.24, 2.45) is 0 Å². The maximum atomic E-state index is 12.4. The fourth-order valence-corrected chi connectivity index (χ4v) is 3.94. The molecule has 5 nitrogen and oxygen atoms in total. The van der Waals surface area contributed by atoms with E-state index in [1.54, 1.807) is 0 Å². The number of ether oxygens (including phenoxy) is 2. The van der Waals surface area contributed by atoms with Crippen molar-refractivity contribution in [2.75, 3.05) is 30.4 Å². The standard InChI is InChI=1S/C32H34N2O3/c35-32(34-28-18-20-30(21-19-28)36-22-8-14-26-10-3-1-4-11-26)25-33-29-16-7-17-31(24-29)37-23-9-15-27-12-5-2-6-13-27/h1-7,10-13,16-21,24,33H,8-9,14-15,22-23,25H2,(H,34,35). The van der Waals surface area contributed by atoms with Crippen LogP contribution in [-0.2, 0) is 17.6 Å². The van der Waals surface area contributed by atoms with Crippen molar-refractivity contribution < 1.29 is 14.3 Å². The summed E-state index contributed by atoms with van der Waals surface area (Å²) in [4.78, 5) is 12.4. The number of anilines is 2. The first-order valence-corrected chi connectivity index (χ1v) is 12.8. The molecule has 0 aliphatic heterocycles. The fourth-order valence-electron chi connectivity index (χ4n) is 3.94. The highest BCUT2D eigenvalue weighted by Gasteiger charge is 2.04. The highest BCUT2D eigenvalue weighted by Crippen LogP contribution is 2.19. The van der Waals surface area contributed by atoms with E-state index in [4.69, 9.17) is 9.47 Å². The molecule has 0 saturated carbocycles. The van der Waals surface area contributed by atoms with Crippen LogP contribution in [0.5, 0.6) is 11.5 Å². The largest absolute Gasteiger partial charge is 0.494 e. The number of rotatable bonds is 14. The van der Waals surface area contributed by atoms with Gasteiger partial charge in [0, 0.05) is 17.4 Å². The molecule has 0 unspecified atom stereocenters. The molecule has 0 radical (unpaired) electrons. The van der Waals surface area contributed by atoms with Gasteiger partial charge in [0.1, 0.15) is 11.5 Å². The lowest BCUT2D eigenvalue weighted by Crippen LogP contribution is -2.21. The normalized spacial score (nSPS) is 10.5. The van der Waals surface area contributed by atoms with E-state index in [9.17, 15) is 4.79 Å². The summed E-state index contributed by atoms with van der Waals surface area (Å²) in [7, 11) is 0. The molecule has 37 heavy (non-hydrogen) atoms. The van der Waals surface area contributed by atoms with Crippen LogP contribution in [0.4, 0.5) is 11.4 Å². The van der Waals surface area contributed by atoms with Crippen LogP contribution in [0.3, 0.4) is 0 Å². The van der Waals surface area contributed by atoms with Gasteiger partial charge < -0.3 is 20.1 Å². The Labute approximate surface area is 219 Å². The Balaban J connectivity index is 1.13. The van der Waals surface area contributed by atoms with Crippen LogP contribution in [-0.4, -0.2) is 25.7 Å². The molecule has 4 rings (SSSR count). The van der Waals surface area contributed by atoms with Crippen molar-refractivity contribution in [3.8, 4) is 11.5 Å². The highest BCUT2D eigenvalue weighted by atomic mass is 16.5. The summed E-state index contributed by atoms with van der Waals surface area (Å²) >= 11 is 0. The third-order valence-corrected chi connectivity index (χ3v) is 5.87. The molecule has 0 aliphatic carbocycles. The number of carbonyl (C=O) groups is 1. The predicted molar refractivity (Wildman–Crippen MR) is 151 cm³/mol. The Kier molecular flexibility index (Phi) is 10.0. The summed E-state index contributed by atoms with van der Waals surface area (Å²) in [6.07, 6.45) is 3.88. The first-order chi connectivity index (χ1) is 18.2. The number of hydrogen-bond donors (Lipinski definition) is 2. The minimum absolute atomic E-state index is 0.120. The highest BCUT2D eigenvalue weighted by molar-refractivity contribution is 5.93. The van der Waals surface area contributed by atoms with Gasteiger partial charge in [0.2, 0.25) is 5.91 Å². The van der Waals surface area contributed by atoms with Crippen molar-refractivity contribution in [1.82, 2.24) is 0 Å². The topological polar surface area (TPSA) is 59.6 Å². The zero-order chi connectivity index (χ0) is 25.5. The summed E-state index contributed by atoms with van der Waals surface area (Å²) in [6, 6.07) is 36.0. The lowest BCUT2D eigenvalue weighted by molar-refractivity contribution is -0.114. The summed E-state index contributed by atoms with van der Waals surface area (Å²) < 4.78 is 11.7. The SMILES string of the molecule is O=C(CNc1cccc(OCCCc2ccccc2)c1)Nc1ccc(OCCCc2ccccc2)cc1.